The molecule has 1 fully saturated rings. The van der Waals surface area contributed by atoms with Crippen molar-refractivity contribution >= 4 is 17.7 Å². The number of thioether (sulfide) groups is 1. The first-order chi connectivity index (χ1) is 14.1. The number of imidazole rings is 1. The zero-order chi connectivity index (χ0) is 20.2. The molecule has 7 heteroatoms. The predicted octanol–water partition coefficient (Wildman–Crippen LogP) is 4.42. The zero-order valence-corrected chi connectivity index (χ0v) is 16.9. The van der Waals surface area contributed by atoms with Crippen LogP contribution in [0.15, 0.2) is 66.1 Å². The van der Waals surface area contributed by atoms with Gasteiger partial charge in [-0.3, -0.25) is 9.36 Å². The van der Waals surface area contributed by atoms with E-state index < -0.39 is 0 Å². The van der Waals surface area contributed by atoms with E-state index in [9.17, 15) is 9.18 Å². The molecule has 150 valence electrons. The molecule has 29 heavy (non-hydrogen) atoms. The van der Waals surface area contributed by atoms with Gasteiger partial charge in [-0.15, -0.1) is 0 Å². The quantitative estimate of drug-likeness (QED) is 0.583. The molecule has 0 atom stereocenters. The number of amides is 1. The third-order valence-corrected chi connectivity index (χ3v) is 5.67. The average Bonchev–Trinajstić information content (AvgIpc) is 3.24. The van der Waals surface area contributed by atoms with E-state index in [4.69, 9.17) is 4.74 Å². The number of hydrogen-bond acceptors (Lipinski definition) is 4. The molecule has 5 nitrogen and oxygen atoms in total. The van der Waals surface area contributed by atoms with Gasteiger partial charge in [-0.05, 0) is 48.7 Å². The van der Waals surface area contributed by atoms with Crippen molar-refractivity contribution in [1.82, 2.24) is 14.5 Å². The van der Waals surface area contributed by atoms with Crippen molar-refractivity contribution in [3.8, 4) is 11.4 Å². The van der Waals surface area contributed by atoms with Crippen molar-refractivity contribution in [2.45, 2.75) is 24.1 Å². The normalized spacial score (nSPS) is 14.8. The van der Waals surface area contributed by atoms with E-state index in [2.05, 4.69) is 4.98 Å². The Morgan fingerprint density at radius 2 is 1.93 bits per heavy atom. The van der Waals surface area contributed by atoms with Crippen LogP contribution in [0.25, 0.3) is 5.69 Å². The number of carbonyl (C=O) groups is 1. The van der Waals surface area contributed by atoms with Crippen LogP contribution in [0.2, 0.25) is 0 Å². The molecule has 1 saturated heterocycles. The molecule has 1 aliphatic rings. The number of nitrogens with zero attached hydrogens (tertiary/aromatic N) is 3. The van der Waals surface area contributed by atoms with E-state index in [-0.39, 0.29) is 17.8 Å². The topological polar surface area (TPSA) is 47.4 Å². The second-order valence-corrected chi connectivity index (χ2v) is 7.67. The molecular weight excluding hydrogens is 389 g/mol. The first kappa shape index (κ1) is 19.5. The minimum Gasteiger partial charge on any atom is -0.490 e. The summed E-state index contributed by atoms with van der Waals surface area (Å²) >= 11 is 1.56. The van der Waals surface area contributed by atoms with Crippen molar-refractivity contribution in [1.29, 1.82) is 0 Å². The highest BCUT2D eigenvalue weighted by molar-refractivity contribution is 7.98. The summed E-state index contributed by atoms with van der Waals surface area (Å²) in [6.45, 7) is 1.27. The van der Waals surface area contributed by atoms with Crippen LogP contribution in [0.1, 0.15) is 23.2 Å². The lowest BCUT2D eigenvalue weighted by Crippen LogP contribution is -2.41. The van der Waals surface area contributed by atoms with Crippen molar-refractivity contribution < 1.29 is 13.9 Å². The molecule has 0 radical (unpaired) electrons. The molecule has 4 rings (SSSR count). The standard InChI is InChI=1S/C22H22FN3O2S/c1-29-22-24-11-14-26(22)18-4-2-3-16(15-18)21(27)25-12-9-20(10-13-25)28-19-7-5-17(23)6-8-19/h2-8,11,14-15,20H,9-10,12-13H2,1H3. The summed E-state index contributed by atoms with van der Waals surface area (Å²) in [5.41, 5.74) is 1.59. The third kappa shape index (κ3) is 4.45. The maximum Gasteiger partial charge on any atom is 0.253 e. The summed E-state index contributed by atoms with van der Waals surface area (Å²) in [5, 5.41) is 0.883. The molecule has 0 spiro atoms. The van der Waals surface area contributed by atoms with Gasteiger partial charge in [0.25, 0.3) is 5.91 Å². The van der Waals surface area contributed by atoms with Crippen molar-refractivity contribution in [2.24, 2.45) is 0 Å². The molecule has 1 amide bonds. The second kappa shape index (κ2) is 8.69. The molecule has 0 saturated carbocycles. The molecular formula is C22H22FN3O2S. The highest BCUT2D eigenvalue weighted by Gasteiger charge is 2.25. The van der Waals surface area contributed by atoms with Crippen LogP contribution in [0, 0.1) is 5.82 Å². The highest BCUT2D eigenvalue weighted by atomic mass is 32.2. The number of benzene rings is 2. The fraction of sp³-hybridized carbons (Fsp3) is 0.273. The summed E-state index contributed by atoms with van der Waals surface area (Å²) < 4.78 is 20.9. The van der Waals surface area contributed by atoms with E-state index in [1.807, 2.05) is 46.2 Å². The van der Waals surface area contributed by atoms with Crippen LogP contribution < -0.4 is 4.74 Å². The maximum atomic E-state index is 13.0. The van der Waals surface area contributed by atoms with Crippen LogP contribution in [-0.2, 0) is 0 Å². The SMILES string of the molecule is CSc1nccn1-c1cccc(C(=O)N2CCC(Oc3ccc(F)cc3)CC2)c1. The number of halogens is 1. The van der Waals surface area contributed by atoms with Crippen LogP contribution >= 0.6 is 11.8 Å². The Bertz CT molecular complexity index is 982. The first-order valence-electron chi connectivity index (χ1n) is 9.53. The molecule has 0 unspecified atom stereocenters. The van der Waals surface area contributed by atoms with Crippen LogP contribution in [-0.4, -0.2) is 45.8 Å². The van der Waals surface area contributed by atoms with E-state index in [0.29, 0.717) is 24.4 Å². The molecule has 0 aliphatic carbocycles. The first-order valence-corrected chi connectivity index (χ1v) is 10.8. The summed E-state index contributed by atoms with van der Waals surface area (Å²) in [7, 11) is 0. The predicted molar refractivity (Wildman–Crippen MR) is 111 cm³/mol. The Balaban J connectivity index is 1.39. The monoisotopic (exact) mass is 411 g/mol. The van der Waals surface area contributed by atoms with E-state index >= 15 is 0 Å². The number of aromatic nitrogens is 2. The van der Waals surface area contributed by atoms with E-state index in [1.54, 1.807) is 30.1 Å². The lowest BCUT2D eigenvalue weighted by atomic mass is 10.1. The van der Waals surface area contributed by atoms with Gasteiger partial charge in [0.05, 0.1) is 0 Å². The molecule has 0 N–H and O–H groups in total. The van der Waals surface area contributed by atoms with Gasteiger partial charge in [0.1, 0.15) is 17.7 Å². The number of rotatable bonds is 5. The molecule has 0 bridgehead atoms. The maximum absolute atomic E-state index is 13.0. The van der Waals surface area contributed by atoms with Gasteiger partial charge in [0.2, 0.25) is 0 Å². The number of likely N-dealkylation sites (tertiary alicyclic amines) is 1. The van der Waals surface area contributed by atoms with Crippen LogP contribution in [0.4, 0.5) is 4.39 Å². The Labute approximate surface area is 173 Å². The Kier molecular flexibility index (Phi) is 5.85. The minimum atomic E-state index is -0.277. The van der Waals surface area contributed by atoms with E-state index in [1.165, 1.54) is 12.1 Å². The zero-order valence-electron chi connectivity index (χ0n) is 16.1. The van der Waals surface area contributed by atoms with Crippen LogP contribution in [0.3, 0.4) is 0 Å². The molecule has 1 aromatic heterocycles. The highest BCUT2D eigenvalue weighted by Crippen LogP contribution is 2.22. The van der Waals surface area contributed by atoms with Crippen molar-refractivity contribution in [3.63, 3.8) is 0 Å². The Morgan fingerprint density at radius 3 is 2.66 bits per heavy atom. The number of piperidine rings is 1. The molecule has 3 aromatic rings. The van der Waals surface area contributed by atoms with Gasteiger partial charge in [0, 0.05) is 49.6 Å². The van der Waals surface area contributed by atoms with Gasteiger partial charge in [-0.1, -0.05) is 17.8 Å². The van der Waals surface area contributed by atoms with Gasteiger partial charge in [0.15, 0.2) is 5.16 Å². The van der Waals surface area contributed by atoms with Gasteiger partial charge in [-0.25, -0.2) is 9.37 Å². The fourth-order valence-electron chi connectivity index (χ4n) is 3.49. The number of ether oxygens (including phenoxy) is 1. The largest absolute Gasteiger partial charge is 0.490 e. The van der Waals surface area contributed by atoms with Gasteiger partial charge >= 0.3 is 0 Å². The van der Waals surface area contributed by atoms with Crippen LogP contribution in [0.5, 0.6) is 5.75 Å². The summed E-state index contributed by atoms with van der Waals surface area (Å²) in [6, 6.07) is 13.7. The Hall–Kier alpha value is -2.80. The fourth-order valence-corrected chi connectivity index (χ4v) is 4.02. The Morgan fingerprint density at radius 1 is 1.17 bits per heavy atom. The summed E-state index contributed by atoms with van der Waals surface area (Å²) in [5.74, 6) is 0.409. The van der Waals surface area contributed by atoms with Crippen molar-refractivity contribution in [2.75, 3.05) is 19.3 Å². The van der Waals surface area contributed by atoms with Crippen molar-refractivity contribution in [3.05, 3.63) is 72.3 Å². The number of carbonyl (C=O) groups excluding carboxylic acids is 1. The summed E-state index contributed by atoms with van der Waals surface area (Å²) in [4.78, 5) is 19.2. The average molecular weight is 412 g/mol. The molecule has 2 heterocycles. The molecule has 2 aromatic carbocycles. The third-order valence-electron chi connectivity index (χ3n) is 5.01. The lowest BCUT2D eigenvalue weighted by Gasteiger charge is -2.32. The van der Waals surface area contributed by atoms with Gasteiger partial charge < -0.3 is 9.64 Å². The second-order valence-electron chi connectivity index (χ2n) is 6.90. The van der Waals surface area contributed by atoms with E-state index in [0.717, 1.165) is 23.7 Å². The minimum absolute atomic E-state index is 0.0258. The smallest absolute Gasteiger partial charge is 0.253 e. The molecule has 1 aliphatic heterocycles. The summed E-state index contributed by atoms with van der Waals surface area (Å²) in [6.07, 6.45) is 7.17. The lowest BCUT2D eigenvalue weighted by molar-refractivity contribution is 0.0595. The number of hydrogen-bond donors (Lipinski definition) is 0. The van der Waals surface area contributed by atoms with Gasteiger partial charge in [-0.2, -0.15) is 0 Å².